The van der Waals surface area contributed by atoms with Crippen molar-refractivity contribution in [2.24, 2.45) is 0 Å². The minimum Gasteiger partial charge on any atom is -0.465 e. The Labute approximate surface area is 114 Å². The summed E-state index contributed by atoms with van der Waals surface area (Å²) in [6, 6.07) is 5.06. The van der Waals surface area contributed by atoms with Crippen LogP contribution in [-0.4, -0.2) is 34.4 Å². The van der Waals surface area contributed by atoms with Crippen molar-refractivity contribution in [3.63, 3.8) is 0 Å². The van der Waals surface area contributed by atoms with Crippen LogP contribution in [-0.2, 0) is 9.53 Å². The Hall–Kier alpha value is -2.70. The number of carbonyl (C=O) groups is 2. The molecule has 0 aliphatic rings. The van der Waals surface area contributed by atoms with E-state index in [0.29, 0.717) is 5.65 Å². The maximum absolute atomic E-state index is 12.1. The lowest BCUT2D eigenvalue weighted by Crippen LogP contribution is -2.35. The fourth-order valence-electron chi connectivity index (χ4n) is 1.64. The van der Waals surface area contributed by atoms with Crippen molar-refractivity contribution in [2.45, 2.75) is 6.92 Å². The highest BCUT2D eigenvalue weighted by atomic mass is 16.5. The van der Waals surface area contributed by atoms with E-state index in [1.54, 1.807) is 25.1 Å². The fourth-order valence-corrected chi connectivity index (χ4v) is 1.64. The number of esters is 1. The molecule has 0 aliphatic heterocycles. The van der Waals surface area contributed by atoms with E-state index in [9.17, 15) is 14.4 Å². The van der Waals surface area contributed by atoms with Gasteiger partial charge in [-0.2, -0.15) is 0 Å². The Bertz CT molecular complexity index is 708. The third kappa shape index (κ3) is 2.82. The quantitative estimate of drug-likeness (QED) is 0.792. The van der Waals surface area contributed by atoms with E-state index in [4.69, 9.17) is 0 Å². The van der Waals surface area contributed by atoms with Crippen LogP contribution >= 0.6 is 0 Å². The molecule has 7 nitrogen and oxygen atoms in total. The Morgan fingerprint density at radius 3 is 2.95 bits per heavy atom. The molecule has 0 spiro atoms. The van der Waals surface area contributed by atoms with Crippen molar-refractivity contribution in [3.8, 4) is 0 Å². The SMILES string of the molecule is CCOC(=O)CNC(=O)c1cnc2ccccn2c1=O. The van der Waals surface area contributed by atoms with Crippen LogP contribution in [0.2, 0.25) is 0 Å². The van der Waals surface area contributed by atoms with E-state index in [1.165, 1.54) is 16.8 Å². The second kappa shape index (κ2) is 5.96. The molecule has 0 radical (unpaired) electrons. The van der Waals surface area contributed by atoms with Crippen molar-refractivity contribution in [3.05, 3.63) is 46.5 Å². The van der Waals surface area contributed by atoms with E-state index in [0.717, 1.165) is 0 Å². The van der Waals surface area contributed by atoms with Gasteiger partial charge in [-0.3, -0.25) is 18.8 Å². The molecule has 7 heteroatoms. The first kappa shape index (κ1) is 13.7. The maximum Gasteiger partial charge on any atom is 0.325 e. The van der Waals surface area contributed by atoms with Gasteiger partial charge in [-0.1, -0.05) is 6.07 Å². The number of amides is 1. The van der Waals surface area contributed by atoms with Crippen LogP contribution in [0.4, 0.5) is 0 Å². The molecule has 104 valence electrons. The van der Waals surface area contributed by atoms with E-state index in [2.05, 4.69) is 15.0 Å². The third-order valence-corrected chi connectivity index (χ3v) is 2.56. The average molecular weight is 275 g/mol. The molecule has 0 saturated carbocycles. The Morgan fingerprint density at radius 2 is 2.20 bits per heavy atom. The van der Waals surface area contributed by atoms with Crippen LogP contribution < -0.4 is 10.9 Å². The minimum absolute atomic E-state index is 0.127. The molecule has 0 aliphatic carbocycles. The van der Waals surface area contributed by atoms with Gasteiger partial charge < -0.3 is 10.1 Å². The lowest BCUT2D eigenvalue weighted by molar-refractivity contribution is -0.141. The Kier molecular flexibility index (Phi) is 4.09. The summed E-state index contributed by atoms with van der Waals surface area (Å²) in [6.07, 6.45) is 2.71. The zero-order valence-corrected chi connectivity index (χ0v) is 10.8. The van der Waals surface area contributed by atoms with Gasteiger partial charge in [-0.15, -0.1) is 0 Å². The molecule has 2 aromatic heterocycles. The lowest BCUT2D eigenvalue weighted by atomic mass is 10.3. The van der Waals surface area contributed by atoms with Crippen LogP contribution in [0.25, 0.3) is 5.65 Å². The number of rotatable bonds is 4. The molecule has 0 atom stereocenters. The standard InChI is InChI=1S/C13H13N3O4/c1-2-20-11(17)8-15-12(18)9-7-14-10-5-3-4-6-16(10)13(9)19/h3-7H,2,8H2,1H3,(H,15,18). The summed E-state index contributed by atoms with van der Waals surface area (Å²) in [7, 11) is 0. The maximum atomic E-state index is 12.1. The van der Waals surface area contributed by atoms with Gasteiger partial charge in [0, 0.05) is 12.4 Å². The summed E-state index contributed by atoms with van der Waals surface area (Å²) >= 11 is 0. The number of hydrogen-bond donors (Lipinski definition) is 1. The van der Waals surface area contributed by atoms with Crippen molar-refractivity contribution >= 4 is 17.5 Å². The van der Waals surface area contributed by atoms with Gasteiger partial charge in [0.15, 0.2) is 0 Å². The highest BCUT2D eigenvalue weighted by Crippen LogP contribution is 1.97. The van der Waals surface area contributed by atoms with Crippen molar-refractivity contribution in [2.75, 3.05) is 13.2 Å². The summed E-state index contributed by atoms with van der Waals surface area (Å²) in [5.74, 6) is -1.22. The summed E-state index contributed by atoms with van der Waals surface area (Å²) in [5.41, 5.74) is -0.172. The summed E-state index contributed by atoms with van der Waals surface area (Å²) in [4.78, 5) is 39.1. The molecule has 0 saturated heterocycles. The molecule has 2 aromatic rings. The second-order valence-electron chi connectivity index (χ2n) is 3.89. The topological polar surface area (TPSA) is 89.8 Å². The number of nitrogens with one attached hydrogen (secondary N) is 1. The van der Waals surface area contributed by atoms with Crippen LogP contribution in [0.15, 0.2) is 35.4 Å². The predicted molar refractivity (Wildman–Crippen MR) is 70.4 cm³/mol. The zero-order chi connectivity index (χ0) is 14.5. The van der Waals surface area contributed by atoms with Crippen LogP contribution in [0.3, 0.4) is 0 Å². The molecule has 2 rings (SSSR count). The number of pyridine rings is 1. The van der Waals surface area contributed by atoms with E-state index < -0.39 is 17.4 Å². The smallest absolute Gasteiger partial charge is 0.325 e. The lowest BCUT2D eigenvalue weighted by Gasteiger charge is -2.05. The predicted octanol–water partition coefficient (Wildman–Crippen LogP) is -0.0126. The first-order chi connectivity index (χ1) is 9.63. The molecule has 20 heavy (non-hydrogen) atoms. The van der Waals surface area contributed by atoms with Crippen molar-refractivity contribution in [1.82, 2.24) is 14.7 Å². The van der Waals surface area contributed by atoms with Gasteiger partial charge in [0.2, 0.25) is 0 Å². The molecule has 2 heterocycles. The second-order valence-corrected chi connectivity index (χ2v) is 3.89. The van der Waals surface area contributed by atoms with Crippen LogP contribution in [0.5, 0.6) is 0 Å². The highest BCUT2D eigenvalue weighted by Gasteiger charge is 2.14. The van der Waals surface area contributed by atoms with Gasteiger partial charge in [0.1, 0.15) is 17.8 Å². The van der Waals surface area contributed by atoms with Gasteiger partial charge in [-0.05, 0) is 19.1 Å². The number of nitrogens with zero attached hydrogens (tertiary/aromatic N) is 2. The van der Waals surface area contributed by atoms with E-state index >= 15 is 0 Å². The normalized spacial score (nSPS) is 10.2. The van der Waals surface area contributed by atoms with E-state index in [-0.39, 0.29) is 18.7 Å². The molecule has 0 bridgehead atoms. The molecule has 0 unspecified atom stereocenters. The average Bonchev–Trinajstić information content (AvgIpc) is 2.46. The molecular formula is C13H13N3O4. The fraction of sp³-hybridized carbons (Fsp3) is 0.231. The minimum atomic E-state index is -0.659. The summed E-state index contributed by atoms with van der Waals surface area (Å²) < 4.78 is 5.94. The number of fused-ring (bicyclic) bond motifs is 1. The largest absolute Gasteiger partial charge is 0.465 e. The van der Waals surface area contributed by atoms with Crippen molar-refractivity contribution < 1.29 is 14.3 Å². The monoisotopic (exact) mass is 275 g/mol. The van der Waals surface area contributed by atoms with Crippen molar-refractivity contribution in [1.29, 1.82) is 0 Å². The molecule has 1 amide bonds. The highest BCUT2D eigenvalue weighted by molar-refractivity contribution is 5.95. The van der Waals surface area contributed by atoms with Gasteiger partial charge in [0.25, 0.3) is 11.5 Å². The number of aromatic nitrogens is 2. The molecule has 0 aromatic carbocycles. The summed E-state index contributed by atoms with van der Waals surface area (Å²) in [5, 5.41) is 2.32. The Morgan fingerprint density at radius 1 is 1.40 bits per heavy atom. The first-order valence-corrected chi connectivity index (χ1v) is 6.03. The van der Waals surface area contributed by atoms with Gasteiger partial charge >= 0.3 is 5.97 Å². The Balaban J connectivity index is 2.21. The number of carbonyl (C=O) groups excluding carboxylic acids is 2. The number of hydrogen-bond acceptors (Lipinski definition) is 5. The third-order valence-electron chi connectivity index (χ3n) is 2.56. The van der Waals surface area contributed by atoms with E-state index in [1.807, 2.05) is 0 Å². The van der Waals surface area contributed by atoms with Gasteiger partial charge in [-0.25, -0.2) is 4.98 Å². The summed E-state index contributed by atoms with van der Waals surface area (Å²) in [6.45, 7) is 1.61. The zero-order valence-electron chi connectivity index (χ0n) is 10.8. The molecule has 0 fully saturated rings. The number of ether oxygens (including phenoxy) is 1. The molecular weight excluding hydrogens is 262 g/mol. The van der Waals surface area contributed by atoms with Crippen LogP contribution in [0, 0.1) is 0 Å². The first-order valence-electron chi connectivity index (χ1n) is 6.03. The van der Waals surface area contributed by atoms with Gasteiger partial charge in [0.05, 0.1) is 6.61 Å². The van der Waals surface area contributed by atoms with Crippen LogP contribution in [0.1, 0.15) is 17.3 Å². The molecule has 1 N–H and O–H groups in total.